The summed E-state index contributed by atoms with van der Waals surface area (Å²) in [6.07, 6.45) is 0. The topological polar surface area (TPSA) is 104 Å². The monoisotopic (exact) mass is 288 g/mol. The Kier molecular flexibility index (Phi) is 9.57. The van der Waals surface area contributed by atoms with Gasteiger partial charge in [-0.05, 0) is 24.3 Å². The fraction of sp³-hybridized carbons (Fsp3) is 0. The Bertz CT molecular complexity index is 378. The SMILES string of the molecule is Cl.Cl.Nc1ccccc1N.Nc1ccccc1N. The molecule has 0 radical (unpaired) electrons. The van der Waals surface area contributed by atoms with Gasteiger partial charge in [0.15, 0.2) is 0 Å². The van der Waals surface area contributed by atoms with E-state index < -0.39 is 0 Å². The first-order valence-electron chi connectivity index (χ1n) is 4.81. The Morgan fingerprint density at radius 2 is 0.611 bits per heavy atom. The molecule has 0 fully saturated rings. The van der Waals surface area contributed by atoms with Gasteiger partial charge in [-0.2, -0.15) is 0 Å². The van der Waals surface area contributed by atoms with Crippen molar-refractivity contribution >= 4 is 47.6 Å². The molecule has 0 aliphatic rings. The molecule has 0 heterocycles. The third-order valence-electron chi connectivity index (χ3n) is 1.99. The van der Waals surface area contributed by atoms with Gasteiger partial charge in [-0.1, -0.05) is 24.3 Å². The molecule has 0 bridgehead atoms. The minimum Gasteiger partial charge on any atom is -0.397 e. The van der Waals surface area contributed by atoms with Crippen molar-refractivity contribution in [2.24, 2.45) is 0 Å². The maximum atomic E-state index is 5.39. The molecule has 2 aromatic carbocycles. The van der Waals surface area contributed by atoms with E-state index in [2.05, 4.69) is 0 Å². The molecule has 6 heteroatoms. The first-order chi connectivity index (χ1) is 7.61. The summed E-state index contributed by atoms with van der Waals surface area (Å²) in [6.45, 7) is 0. The van der Waals surface area contributed by atoms with Crippen LogP contribution in [0.5, 0.6) is 0 Å². The number of para-hydroxylation sites is 4. The summed E-state index contributed by atoms with van der Waals surface area (Å²) in [4.78, 5) is 0. The van der Waals surface area contributed by atoms with Crippen LogP contribution in [0.4, 0.5) is 22.7 Å². The van der Waals surface area contributed by atoms with Crippen molar-refractivity contribution in [3.05, 3.63) is 48.5 Å². The highest BCUT2D eigenvalue weighted by Crippen LogP contribution is 2.11. The lowest BCUT2D eigenvalue weighted by atomic mass is 10.3. The summed E-state index contributed by atoms with van der Waals surface area (Å²) in [5, 5.41) is 0. The maximum absolute atomic E-state index is 5.39. The van der Waals surface area contributed by atoms with Crippen LogP contribution in [0, 0.1) is 0 Å². The Morgan fingerprint density at radius 1 is 0.444 bits per heavy atom. The van der Waals surface area contributed by atoms with Crippen LogP contribution in [-0.4, -0.2) is 0 Å². The van der Waals surface area contributed by atoms with Gasteiger partial charge in [0.25, 0.3) is 0 Å². The second kappa shape index (κ2) is 9.27. The fourth-order valence-corrected chi connectivity index (χ4v) is 1.02. The number of rotatable bonds is 0. The van der Waals surface area contributed by atoms with Crippen molar-refractivity contribution in [3.8, 4) is 0 Å². The van der Waals surface area contributed by atoms with Crippen LogP contribution in [0.2, 0.25) is 0 Å². The zero-order valence-corrected chi connectivity index (χ0v) is 11.4. The summed E-state index contributed by atoms with van der Waals surface area (Å²) in [5.74, 6) is 0. The minimum atomic E-state index is 0. The van der Waals surface area contributed by atoms with E-state index >= 15 is 0 Å². The van der Waals surface area contributed by atoms with Gasteiger partial charge in [-0.25, -0.2) is 0 Å². The molecule has 0 aliphatic carbocycles. The molecule has 100 valence electrons. The Hall–Kier alpha value is -1.78. The summed E-state index contributed by atoms with van der Waals surface area (Å²) >= 11 is 0. The first kappa shape index (κ1) is 18.6. The maximum Gasteiger partial charge on any atom is 0.0547 e. The van der Waals surface area contributed by atoms with Gasteiger partial charge in [0.05, 0.1) is 22.7 Å². The van der Waals surface area contributed by atoms with Crippen LogP contribution < -0.4 is 22.9 Å². The first-order valence-corrected chi connectivity index (χ1v) is 4.81. The molecule has 0 aromatic heterocycles. The van der Waals surface area contributed by atoms with Crippen molar-refractivity contribution in [2.75, 3.05) is 22.9 Å². The van der Waals surface area contributed by atoms with E-state index in [1.165, 1.54) is 0 Å². The number of anilines is 4. The van der Waals surface area contributed by atoms with Crippen LogP contribution in [0.25, 0.3) is 0 Å². The van der Waals surface area contributed by atoms with Crippen LogP contribution in [0.1, 0.15) is 0 Å². The van der Waals surface area contributed by atoms with Gasteiger partial charge in [0.2, 0.25) is 0 Å². The van der Waals surface area contributed by atoms with Crippen LogP contribution >= 0.6 is 24.8 Å². The normalized spacial score (nSPS) is 8.00. The lowest BCUT2D eigenvalue weighted by Crippen LogP contribution is -1.91. The van der Waals surface area contributed by atoms with Crippen molar-refractivity contribution in [1.82, 2.24) is 0 Å². The molecule has 18 heavy (non-hydrogen) atoms. The predicted octanol–water partition coefficient (Wildman–Crippen LogP) is 2.55. The van der Waals surface area contributed by atoms with Gasteiger partial charge in [0.1, 0.15) is 0 Å². The second-order valence-electron chi connectivity index (χ2n) is 3.26. The molecule has 0 amide bonds. The third kappa shape index (κ3) is 6.08. The number of nitrogen functional groups attached to an aromatic ring is 4. The van der Waals surface area contributed by atoms with Crippen molar-refractivity contribution in [3.63, 3.8) is 0 Å². The fourth-order valence-electron chi connectivity index (χ4n) is 1.02. The molecule has 0 spiro atoms. The van der Waals surface area contributed by atoms with E-state index in [0.717, 1.165) is 0 Å². The lowest BCUT2D eigenvalue weighted by molar-refractivity contribution is 1.67. The molecular formula is C12H18Cl2N4. The van der Waals surface area contributed by atoms with E-state index in [1.807, 2.05) is 24.3 Å². The van der Waals surface area contributed by atoms with E-state index in [9.17, 15) is 0 Å². The highest BCUT2D eigenvalue weighted by Gasteiger charge is 1.85. The number of benzene rings is 2. The molecule has 0 unspecified atom stereocenters. The molecule has 2 rings (SSSR count). The number of nitrogens with two attached hydrogens (primary N) is 4. The Labute approximate surface area is 119 Å². The molecule has 8 N–H and O–H groups in total. The van der Waals surface area contributed by atoms with Gasteiger partial charge in [0, 0.05) is 0 Å². The number of hydrogen-bond acceptors (Lipinski definition) is 4. The highest BCUT2D eigenvalue weighted by atomic mass is 35.5. The standard InChI is InChI=1S/2C6H8N2.2ClH/c2*7-5-3-1-2-4-6(5)8;;/h2*1-4H,7-8H2;2*1H. The second-order valence-corrected chi connectivity index (χ2v) is 3.26. The van der Waals surface area contributed by atoms with E-state index in [1.54, 1.807) is 24.3 Å². The smallest absolute Gasteiger partial charge is 0.0547 e. The Morgan fingerprint density at radius 3 is 0.722 bits per heavy atom. The molecule has 0 aliphatic heterocycles. The lowest BCUT2D eigenvalue weighted by Gasteiger charge is -1.94. The number of halogens is 2. The largest absolute Gasteiger partial charge is 0.397 e. The van der Waals surface area contributed by atoms with Gasteiger partial charge < -0.3 is 22.9 Å². The zero-order chi connectivity index (χ0) is 12.0. The molecular weight excluding hydrogens is 271 g/mol. The number of hydrogen-bond donors (Lipinski definition) is 4. The summed E-state index contributed by atoms with van der Waals surface area (Å²) in [6, 6.07) is 14.5. The molecule has 0 atom stereocenters. The van der Waals surface area contributed by atoms with Crippen LogP contribution in [0.15, 0.2) is 48.5 Å². The van der Waals surface area contributed by atoms with E-state index in [-0.39, 0.29) is 24.8 Å². The van der Waals surface area contributed by atoms with Crippen molar-refractivity contribution < 1.29 is 0 Å². The predicted molar refractivity (Wildman–Crippen MR) is 85.0 cm³/mol. The van der Waals surface area contributed by atoms with E-state index in [4.69, 9.17) is 22.9 Å². The third-order valence-corrected chi connectivity index (χ3v) is 1.99. The summed E-state index contributed by atoms with van der Waals surface area (Å²) in [7, 11) is 0. The van der Waals surface area contributed by atoms with Crippen molar-refractivity contribution in [1.29, 1.82) is 0 Å². The van der Waals surface area contributed by atoms with Gasteiger partial charge in [-0.3, -0.25) is 0 Å². The highest BCUT2D eigenvalue weighted by molar-refractivity contribution is 5.85. The van der Waals surface area contributed by atoms with Crippen LogP contribution in [-0.2, 0) is 0 Å². The summed E-state index contributed by atoms with van der Waals surface area (Å²) in [5.41, 5.74) is 24.2. The summed E-state index contributed by atoms with van der Waals surface area (Å²) < 4.78 is 0. The van der Waals surface area contributed by atoms with Gasteiger partial charge >= 0.3 is 0 Å². The molecule has 0 saturated carbocycles. The molecule has 2 aromatic rings. The zero-order valence-electron chi connectivity index (χ0n) is 9.74. The molecule has 0 saturated heterocycles. The quantitative estimate of drug-likeness (QED) is 0.559. The Balaban J connectivity index is 0. The van der Waals surface area contributed by atoms with E-state index in [0.29, 0.717) is 22.7 Å². The van der Waals surface area contributed by atoms with Crippen molar-refractivity contribution in [2.45, 2.75) is 0 Å². The minimum absolute atomic E-state index is 0. The van der Waals surface area contributed by atoms with Crippen LogP contribution in [0.3, 0.4) is 0 Å². The average Bonchev–Trinajstić information content (AvgIpc) is 2.28. The van der Waals surface area contributed by atoms with Gasteiger partial charge in [-0.15, -0.1) is 24.8 Å². The molecule has 4 nitrogen and oxygen atoms in total. The average molecular weight is 289 g/mol.